The third kappa shape index (κ3) is 1.85. The normalized spacial score (nSPS) is 20.0. The standard InChI is InChI=1S/C16H14O5/c1-7(2)12-6-10-14(18)13-9(15(19)16(10)21-12)4-8(20-3)5-11(13)17/h4-5,12,17H,1,6H2,2-3H3/t12-/m1/s1. The molecular formula is C16H14O5. The lowest BCUT2D eigenvalue weighted by molar-refractivity contribution is 0.0874. The number of rotatable bonds is 2. The molecule has 5 heteroatoms. The van der Waals surface area contributed by atoms with E-state index in [9.17, 15) is 14.7 Å². The Hall–Kier alpha value is -2.56. The molecule has 1 aromatic carbocycles. The van der Waals surface area contributed by atoms with Crippen LogP contribution in [0.4, 0.5) is 0 Å². The summed E-state index contributed by atoms with van der Waals surface area (Å²) in [5.41, 5.74) is 1.18. The molecule has 1 atom stereocenters. The quantitative estimate of drug-likeness (QED) is 0.845. The fourth-order valence-electron chi connectivity index (χ4n) is 2.60. The van der Waals surface area contributed by atoms with Crippen molar-refractivity contribution in [3.63, 3.8) is 0 Å². The highest BCUT2D eigenvalue weighted by Gasteiger charge is 2.42. The van der Waals surface area contributed by atoms with E-state index in [1.54, 1.807) is 6.92 Å². The van der Waals surface area contributed by atoms with Crippen LogP contribution in [0, 0.1) is 0 Å². The number of methoxy groups -OCH3 is 1. The summed E-state index contributed by atoms with van der Waals surface area (Å²) >= 11 is 0. The molecular weight excluding hydrogens is 272 g/mol. The maximum absolute atomic E-state index is 12.5. The number of benzene rings is 1. The number of phenols is 1. The number of allylic oxidation sites excluding steroid dienone is 1. The minimum atomic E-state index is -0.405. The fraction of sp³-hybridized carbons (Fsp3) is 0.250. The predicted molar refractivity (Wildman–Crippen MR) is 74.6 cm³/mol. The average Bonchev–Trinajstić information content (AvgIpc) is 2.89. The maximum atomic E-state index is 12.5. The van der Waals surface area contributed by atoms with Crippen molar-refractivity contribution in [2.75, 3.05) is 7.11 Å². The second kappa shape index (κ2) is 4.48. The molecule has 0 saturated heterocycles. The van der Waals surface area contributed by atoms with Gasteiger partial charge in [-0.15, -0.1) is 0 Å². The van der Waals surface area contributed by atoms with E-state index in [0.717, 1.165) is 5.57 Å². The van der Waals surface area contributed by atoms with Crippen molar-refractivity contribution >= 4 is 11.6 Å². The van der Waals surface area contributed by atoms with Gasteiger partial charge in [0.2, 0.25) is 5.78 Å². The number of ether oxygens (including phenoxy) is 2. The minimum Gasteiger partial charge on any atom is -0.507 e. The van der Waals surface area contributed by atoms with Crippen LogP contribution in [0.2, 0.25) is 0 Å². The highest BCUT2D eigenvalue weighted by atomic mass is 16.5. The zero-order valence-corrected chi connectivity index (χ0v) is 11.7. The zero-order chi connectivity index (χ0) is 15.3. The third-order valence-corrected chi connectivity index (χ3v) is 3.75. The van der Waals surface area contributed by atoms with Crippen LogP contribution in [-0.2, 0) is 4.74 Å². The van der Waals surface area contributed by atoms with Gasteiger partial charge in [0.05, 0.1) is 18.2 Å². The van der Waals surface area contributed by atoms with E-state index < -0.39 is 5.78 Å². The van der Waals surface area contributed by atoms with Crippen LogP contribution in [0.3, 0.4) is 0 Å². The lowest BCUT2D eigenvalue weighted by Crippen LogP contribution is -2.20. The summed E-state index contributed by atoms with van der Waals surface area (Å²) in [5, 5.41) is 10.0. The van der Waals surface area contributed by atoms with Gasteiger partial charge in [0.15, 0.2) is 11.5 Å². The zero-order valence-electron chi connectivity index (χ0n) is 11.7. The largest absolute Gasteiger partial charge is 0.507 e. The van der Waals surface area contributed by atoms with Gasteiger partial charge in [-0.05, 0) is 18.6 Å². The lowest BCUT2D eigenvalue weighted by Gasteiger charge is -2.17. The van der Waals surface area contributed by atoms with Gasteiger partial charge in [-0.3, -0.25) is 9.59 Å². The highest BCUT2D eigenvalue weighted by Crippen LogP contribution is 2.41. The molecule has 5 nitrogen and oxygen atoms in total. The van der Waals surface area contributed by atoms with Gasteiger partial charge in [-0.1, -0.05) is 6.58 Å². The number of fused-ring (bicyclic) bond motifs is 1. The Kier molecular flexibility index (Phi) is 2.86. The minimum absolute atomic E-state index is 0.0190. The van der Waals surface area contributed by atoms with Crippen molar-refractivity contribution in [3.05, 3.63) is 46.7 Å². The Bertz CT molecular complexity index is 726. The second-order valence-electron chi connectivity index (χ2n) is 5.19. The summed E-state index contributed by atoms with van der Waals surface area (Å²) in [6, 6.07) is 2.76. The smallest absolute Gasteiger partial charge is 0.229 e. The van der Waals surface area contributed by atoms with Crippen LogP contribution in [-0.4, -0.2) is 29.9 Å². The Morgan fingerprint density at radius 3 is 2.71 bits per heavy atom. The molecule has 0 amide bonds. The Morgan fingerprint density at radius 1 is 1.38 bits per heavy atom. The summed E-state index contributed by atoms with van der Waals surface area (Å²) in [7, 11) is 1.42. The Labute approximate surface area is 121 Å². The van der Waals surface area contributed by atoms with Crippen LogP contribution < -0.4 is 4.74 Å². The van der Waals surface area contributed by atoms with Gasteiger partial charge in [0.1, 0.15) is 17.6 Å². The lowest BCUT2D eigenvalue weighted by atomic mass is 9.86. The van der Waals surface area contributed by atoms with Crippen molar-refractivity contribution in [2.24, 2.45) is 0 Å². The van der Waals surface area contributed by atoms with Crippen molar-refractivity contribution in [1.29, 1.82) is 0 Å². The average molecular weight is 286 g/mol. The van der Waals surface area contributed by atoms with E-state index in [1.807, 2.05) is 0 Å². The molecule has 1 aliphatic heterocycles. The Morgan fingerprint density at radius 2 is 2.10 bits per heavy atom. The second-order valence-corrected chi connectivity index (χ2v) is 5.19. The molecule has 21 heavy (non-hydrogen) atoms. The van der Waals surface area contributed by atoms with Crippen LogP contribution >= 0.6 is 0 Å². The number of hydrogen-bond donors (Lipinski definition) is 1. The van der Waals surface area contributed by atoms with Crippen molar-refractivity contribution < 1.29 is 24.2 Å². The summed E-state index contributed by atoms with van der Waals surface area (Å²) in [4.78, 5) is 25.0. The number of Topliss-reactive ketones (excluding diaryl/α,β-unsaturated/α-hetero) is 2. The SMILES string of the molecule is C=C(C)[C@H]1CC2=C(O1)C(=O)c1cc(OC)cc(O)c1C2=O. The first-order chi connectivity index (χ1) is 9.93. The summed E-state index contributed by atoms with van der Waals surface area (Å²) in [5.74, 6) is -0.659. The number of aromatic hydroxyl groups is 1. The van der Waals surface area contributed by atoms with Crippen molar-refractivity contribution in [2.45, 2.75) is 19.4 Å². The summed E-state index contributed by atoms with van der Waals surface area (Å²) < 4.78 is 10.6. The number of phenolic OH excluding ortho intramolecular Hbond substituents is 1. The van der Waals surface area contributed by atoms with E-state index in [2.05, 4.69) is 6.58 Å². The van der Waals surface area contributed by atoms with Gasteiger partial charge in [0, 0.05) is 18.1 Å². The van der Waals surface area contributed by atoms with Crippen molar-refractivity contribution in [3.8, 4) is 11.5 Å². The summed E-state index contributed by atoms with van der Waals surface area (Å²) in [6.45, 7) is 5.58. The maximum Gasteiger partial charge on any atom is 0.229 e. The van der Waals surface area contributed by atoms with E-state index in [1.165, 1.54) is 19.2 Å². The number of carbonyl (C=O) groups is 2. The first-order valence-corrected chi connectivity index (χ1v) is 6.49. The molecule has 1 heterocycles. The third-order valence-electron chi connectivity index (χ3n) is 3.75. The number of ketones is 2. The number of hydrogen-bond acceptors (Lipinski definition) is 5. The molecule has 1 aliphatic carbocycles. The van der Waals surface area contributed by atoms with Gasteiger partial charge in [-0.2, -0.15) is 0 Å². The monoisotopic (exact) mass is 286 g/mol. The first-order valence-electron chi connectivity index (χ1n) is 6.49. The molecule has 0 bridgehead atoms. The van der Waals surface area contributed by atoms with Gasteiger partial charge >= 0.3 is 0 Å². The van der Waals surface area contributed by atoms with E-state index in [4.69, 9.17) is 9.47 Å². The molecule has 2 aliphatic rings. The highest BCUT2D eigenvalue weighted by molar-refractivity contribution is 6.27. The molecule has 1 N–H and O–H groups in total. The molecule has 0 spiro atoms. The van der Waals surface area contributed by atoms with Crippen molar-refractivity contribution in [1.82, 2.24) is 0 Å². The van der Waals surface area contributed by atoms with E-state index in [-0.39, 0.29) is 34.5 Å². The molecule has 3 rings (SSSR count). The number of carbonyl (C=O) groups excluding carboxylic acids is 2. The Balaban J connectivity index is 2.13. The van der Waals surface area contributed by atoms with Gasteiger partial charge in [0.25, 0.3) is 0 Å². The fourth-order valence-corrected chi connectivity index (χ4v) is 2.60. The predicted octanol–water partition coefficient (Wildman–Crippen LogP) is 2.40. The molecule has 0 aromatic heterocycles. The van der Waals surface area contributed by atoms with Crippen LogP contribution in [0.25, 0.3) is 0 Å². The van der Waals surface area contributed by atoms with Crippen LogP contribution in [0.1, 0.15) is 34.1 Å². The topological polar surface area (TPSA) is 72.8 Å². The molecule has 0 saturated carbocycles. The van der Waals surface area contributed by atoms with Gasteiger partial charge < -0.3 is 14.6 Å². The molecule has 108 valence electrons. The van der Waals surface area contributed by atoms with Crippen LogP contribution in [0.15, 0.2) is 35.6 Å². The molecule has 0 fully saturated rings. The molecule has 0 radical (unpaired) electrons. The molecule has 1 aromatic rings. The van der Waals surface area contributed by atoms with E-state index in [0.29, 0.717) is 17.7 Å². The summed E-state index contributed by atoms with van der Waals surface area (Å²) in [6.07, 6.45) is -0.0681. The first kappa shape index (κ1) is 13.4. The van der Waals surface area contributed by atoms with Crippen LogP contribution in [0.5, 0.6) is 11.5 Å². The molecule has 0 unspecified atom stereocenters. The van der Waals surface area contributed by atoms with E-state index >= 15 is 0 Å². The van der Waals surface area contributed by atoms with Gasteiger partial charge in [-0.25, -0.2) is 0 Å².